The average Bonchev–Trinajstić information content (AvgIpc) is 2.39. The van der Waals surface area contributed by atoms with Gasteiger partial charge in [0.25, 0.3) is 0 Å². The molecule has 1 fully saturated rings. The largest absolute Gasteiger partial charge is 0.325 e. The number of nitrogens with zero attached hydrogens (tertiary/aromatic N) is 2. The van der Waals surface area contributed by atoms with Crippen LogP contribution in [0.1, 0.15) is 38.5 Å². The molecule has 1 aliphatic rings. The van der Waals surface area contributed by atoms with Crippen LogP contribution in [0.4, 0.5) is 5.82 Å². The number of pyridine rings is 1. The van der Waals surface area contributed by atoms with E-state index in [1.165, 1.54) is 6.42 Å². The van der Waals surface area contributed by atoms with Crippen molar-refractivity contribution in [1.29, 1.82) is 0 Å². The molecule has 4 nitrogen and oxygen atoms in total. The summed E-state index contributed by atoms with van der Waals surface area (Å²) >= 11 is 0. The third kappa shape index (κ3) is 3.07. The van der Waals surface area contributed by atoms with Gasteiger partial charge in [0.15, 0.2) is 0 Å². The highest BCUT2D eigenvalue weighted by molar-refractivity contribution is 5.92. The molecule has 4 heteroatoms. The lowest BCUT2D eigenvalue weighted by molar-refractivity contribution is -0.119. The molecule has 18 heavy (non-hydrogen) atoms. The van der Waals surface area contributed by atoms with Crippen LogP contribution in [0.5, 0.6) is 0 Å². The van der Waals surface area contributed by atoms with Crippen LogP contribution in [0.15, 0.2) is 24.4 Å². The summed E-state index contributed by atoms with van der Waals surface area (Å²) in [7, 11) is 1.76. The van der Waals surface area contributed by atoms with E-state index in [-0.39, 0.29) is 11.4 Å². The van der Waals surface area contributed by atoms with E-state index in [1.54, 1.807) is 18.1 Å². The number of nitrogens with two attached hydrogens (primary N) is 1. The van der Waals surface area contributed by atoms with E-state index in [0.717, 1.165) is 25.7 Å². The summed E-state index contributed by atoms with van der Waals surface area (Å²) in [6, 6.07) is 5.56. The Morgan fingerprint density at radius 3 is 2.72 bits per heavy atom. The van der Waals surface area contributed by atoms with E-state index in [2.05, 4.69) is 4.98 Å². The molecule has 1 heterocycles. The lowest BCUT2D eigenvalue weighted by atomic mass is 9.80. The minimum Gasteiger partial charge on any atom is -0.325 e. The smallest absolute Gasteiger partial charge is 0.229 e. The zero-order valence-corrected chi connectivity index (χ0v) is 10.9. The van der Waals surface area contributed by atoms with Gasteiger partial charge in [-0.1, -0.05) is 25.3 Å². The normalized spacial score (nSPS) is 18.3. The topological polar surface area (TPSA) is 59.2 Å². The lowest BCUT2D eigenvalue weighted by Crippen LogP contribution is -2.46. The number of hydrogen-bond acceptors (Lipinski definition) is 3. The molecule has 0 aromatic carbocycles. The molecule has 0 spiro atoms. The summed E-state index contributed by atoms with van der Waals surface area (Å²) in [5.74, 6) is 0.736. The molecular formula is C14H21N3O. The molecule has 1 aromatic rings. The monoisotopic (exact) mass is 247 g/mol. The molecule has 1 aromatic heterocycles. The van der Waals surface area contributed by atoms with Gasteiger partial charge in [-0.3, -0.25) is 9.69 Å². The maximum absolute atomic E-state index is 12.2. The molecule has 98 valence electrons. The number of carbonyl (C=O) groups excluding carboxylic acids is 1. The molecule has 0 saturated heterocycles. The van der Waals surface area contributed by atoms with Crippen molar-refractivity contribution in [2.45, 2.75) is 44.1 Å². The molecule has 0 unspecified atom stereocenters. The molecule has 1 aliphatic carbocycles. The first-order valence-corrected chi connectivity index (χ1v) is 6.57. The van der Waals surface area contributed by atoms with Crippen LogP contribution >= 0.6 is 0 Å². The van der Waals surface area contributed by atoms with E-state index in [0.29, 0.717) is 12.2 Å². The van der Waals surface area contributed by atoms with Gasteiger partial charge in [-0.15, -0.1) is 0 Å². The van der Waals surface area contributed by atoms with Crippen molar-refractivity contribution in [3.8, 4) is 0 Å². The predicted octanol–water partition coefficient (Wildman–Crippen LogP) is 2.10. The van der Waals surface area contributed by atoms with Gasteiger partial charge >= 0.3 is 0 Å². The van der Waals surface area contributed by atoms with Crippen LogP contribution in [-0.4, -0.2) is 23.5 Å². The van der Waals surface area contributed by atoms with Crippen molar-refractivity contribution >= 4 is 11.7 Å². The first-order valence-electron chi connectivity index (χ1n) is 6.57. The van der Waals surface area contributed by atoms with Crippen LogP contribution in [0.25, 0.3) is 0 Å². The van der Waals surface area contributed by atoms with Gasteiger partial charge in [-0.05, 0) is 25.0 Å². The van der Waals surface area contributed by atoms with E-state index in [4.69, 9.17) is 5.73 Å². The molecule has 2 rings (SSSR count). The van der Waals surface area contributed by atoms with Gasteiger partial charge in [0.2, 0.25) is 5.91 Å². The van der Waals surface area contributed by atoms with E-state index >= 15 is 0 Å². The Morgan fingerprint density at radius 2 is 2.11 bits per heavy atom. The van der Waals surface area contributed by atoms with Crippen molar-refractivity contribution in [2.24, 2.45) is 5.73 Å². The fraction of sp³-hybridized carbons (Fsp3) is 0.571. The number of carbonyl (C=O) groups is 1. The Labute approximate surface area is 108 Å². The van der Waals surface area contributed by atoms with Crippen molar-refractivity contribution in [3.05, 3.63) is 24.4 Å². The first kappa shape index (κ1) is 13.0. The number of aromatic nitrogens is 1. The van der Waals surface area contributed by atoms with Crippen LogP contribution in [0.2, 0.25) is 0 Å². The molecule has 0 radical (unpaired) electrons. The van der Waals surface area contributed by atoms with Gasteiger partial charge in [0.05, 0.1) is 0 Å². The summed E-state index contributed by atoms with van der Waals surface area (Å²) in [4.78, 5) is 18.0. The van der Waals surface area contributed by atoms with Gasteiger partial charge in [-0.25, -0.2) is 4.98 Å². The number of hydrogen-bond donors (Lipinski definition) is 1. The van der Waals surface area contributed by atoms with Crippen LogP contribution in [0, 0.1) is 0 Å². The van der Waals surface area contributed by atoms with Gasteiger partial charge < -0.3 is 5.73 Å². The fourth-order valence-corrected chi connectivity index (χ4v) is 2.53. The van der Waals surface area contributed by atoms with Gasteiger partial charge in [0.1, 0.15) is 5.82 Å². The minimum absolute atomic E-state index is 0.0538. The quantitative estimate of drug-likeness (QED) is 0.889. The predicted molar refractivity (Wildman–Crippen MR) is 72.3 cm³/mol. The maximum Gasteiger partial charge on any atom is 0.229 e. The molecule has 1 amide bonds. The maximum atomic E-state index is 12.2. The van der Waals surface area contributed by atoms with Crippen molar-refractivity contribution < 1.29 is 4.79 Å². The molecule has 2 N–H and O–H groups in total. The number of rotatable bonds is 3. The zero-order chi connectivity index (χ0) is 13.0. The molecule has 0 bridgehead atoms. The van der Waals surface area contributed by atoms with Crippen LogP contribution in [-0.2, 0) is 4.79 Å². The first-order chi connectivity index (χ1) is 8.61. The fourth-order valence-electron chi connectivity index (χ4n) is 2.53. The summed E-state index contributed by atoms with van der Waals surface area (Å²) in [6.07, 6.45) is 7.53. The third-order valence-electron chi connectivity index (χ3n) is 3.72. The Hall–Kier alpha value is -1.42. The van der Waals surface area contributed by atoms with Gasteiger partial charge in [0, 0.05) is 25.2 Å². The van der Waals surface area contributed by atoms with Crippen molar-refractivity contribution in [3.63, 3.8) is 0 Å². The second-order valence-corrected chi connectivity index (χ2v) is 5.24. The Kier molecular flexibility index (Phi) is 3.97. The molecular weight excluding hydrogens is 226 g/mol. The summed E-state index contributed by atoms with van der Waals surface area (Å²) in [6.45, 7) is 0. The number of anilines is 1. The van der Waals surface area contributed by atoms with Gasteiger partial charge in [-0.2, -0.15) is 0 Å². The summed E-state index contributed by atoms with van der Waals surface area (Å²) < 4.78 is 0. The van der Waals surface area contributed by atoms with Crippen molar-refractivity contribution in [1.82, 2.24) is 4.98 Å². The van der Waals surface area contributed by atoms with Crippen LogP contribution in [0.3, 0.4) is 0 Å². The Balaban J connectivity index is 1.99. The Morgan fingerprint density at radius 1 is 1.39 bits per heavy atom. The average molecular weight is 247 g/mol. The highest BCUT2D eigenvalue weighted by Gasteiger charge is 2.31. The zero-order valence-electron chi connectivity index (χ0n) is 10.9. The van der Waals surface area contributed by atoms with Crippen LogP contribution < -0.4 is 10.6 Å². The summed E-state index contributed by atoms with van der Waals surface area (Å²) in [5.41, 5.74) is 6.00. The molecule has 0 atom stereocenters. The Bertz CT molecular complexity index is 399. The minimum atomic E-state index is -0.307. The SMILES string of the molecule is CN(C(=O)CC1(N)CCCCC1)c1ccccn1. The van der Waals surface area contributed by atoms with Crippen molar-refractivity contribution in [2.75, 3.05) is 11.9 Å². The second-order valence-electron chi connectivity index (χ2n) is 5.24. The highest BCUT2D eigenvalue weighted by atomic mass is 16.2. The molecule has 1 saturated carbocycles. The molecule has 0 aliphatic heterocycles. The standard InChI is InChI=1S/C14H21N3O/c1-17(12-7-3-6-10-16-12)13(18)11-14(15)8-4-2-5-9-14/h3,6-7,10H,2,4-5,8-9,11,15H2,1H3. The summed E-state index contributed by atoms with van der Waals surface area (Å²) in [5, 5.41) is 0. The highest BCUT2D eigenvalue weighted by Crippen LogP contribution is 2.29. The lowest BCUT2D eigenvalue weighted by Gasteiger charge is -2.34. The second kappa shape index (κ2) is 5.48. The van der Waals surface area contributed by atoms with E-state index < -0.39 is 0 Å². The van der Waals surface area contributed by atoms with E-state index in [9.17, 15) is 4.79 Å². The third-order valence-corrected chi connectivity index (χ3v) is 3.72. The van der Waals surface area contributed by atoms with E-state index in [1.807, 2.05) is 18.2 Å². The number of amides is 1.